The van der Waals surface area contributed by atoms with Gasteiger partial charge < -0.3 is 61.1 Å². The Labute approximate surface area is 295 Å². The summed E-state index contributed by atoms with van der Waals surface area (Å²) < 4.78 is 0. The zero-order valence-corrected chi connectivity index (χ0v) is 30.7. The molecule has 4 unspecified atom stereocenters. The van der Waals surface area contributed by atoms with Crippen LogP contribution in [0.5, 0.6) is 0 Å². The minimum Gasteiger partial charge on any atom is -0.481 e. The Hall–Kier alpha value is -4.54. The Morgan fingerprint density at radius 2 is 1.22 bits per heavy atom. The van der Waals surface area contributed by atoms with Crippen molar-refractivity contribution in [3.05, 3.63) is 29.8 Å². The van der Waals surface area contributed by atoms with E-state index in [2.05, 4.69) is 64.7 Å². The molecule has 0 saturated carbocycles. The number of hydrogen-bond acceptors (Lipinski definition) is 12. The lowest BCUT2D eigenvalue weighted by atomic mass is 10.0. The highest BCUT2D eigenvalue weighted by Crippen LogP contribution is 2.12. The van der Waals surface area contributed by atoms with Gasteiger partial charge in [-0.3, -0.25) is 19.2 Å². The summed E-state index contributed by atoms with van der Waals surface area (Å²) in [5.41, 5.74) is 2.60. The van der Waals surface area contributed by atoms with Gasteiger partial charge in [-0.25, -0.2) is 0 Å². The fraction of sp³-hybridized carbons (Fsp3) is 0.588. The van der Waals surface area contributed by atoms with E-state index in [-0.39, 0.29) is 25.2 Å². The van der Waals surface area contributed by atoms with Crippen LogP contribution in [0.3, 0.4) is 0 Å². The molecule has 2 amide bonds. The first-order chi connectivity index (χ1) is 23.6. The number of anilines is 1. The van der Waals surface area contributed by atoms with E-state index in [1.807, 2.05) is 7.05 Å². The van der Waals surface area contributed by atoms with Crippen LogP contribution in [-0.2, 0) is 44.8 Å². The Morgan fingerprint density at radius 3 is 1.54 bits per heavy atom. The molecule has 0 fully saturated rings. The van der Waals surface area contributed by atoms with Crippen molar-refractivity contribution in [3.63, 3.8) is 0 Å². The molecule has 0 aliphatic carbocycles. The monoisotopic (exact) mass is 713 g/mol. The molecule has 16 nitrogen and oxygen atoms in total. The summed E-state index contributed by atoms with van der Waals surface area (Å²) in [5, 5.41) is 37.1. The highest BCUT2D eigenvalue weighted by Gasteiger charge is 2.29. The van der Waals surface area contributed by atoms with Crippen LogP contribution in [-0.4, -0.2) is 117 Å². The summed E-state index contributed by atoms with van der Waals surface area (Å²) >= 11 is 0. The lowest BCUT2D eigenvalue weighted by molar-refractivity contribution is -0.139. The van der Waals surface area contributed by atoms with Gasteiger partial charge in [0.05, 0.1) is 31.0 Å². The number of benzene rings is 1. The molecule has 1 aromatic rings. The maximum Gasteiger partial charge on any atom is 0.305 e. The predicted molar refractivity (Wildman–Crippen MR) is 191 cm³/mol. The van der Waals surface area contributed by atoms with Crippen molar-refractivity contribution in [1.29, 1.82) is 0 Å². The van der Waals surface area contributed by atoms with Crippen LogP contribution < -0.4 is 26.6 Å². The van der Waals surface area contributed by atoms with Crippen LogP contribution >= 0.6 is 0 Å². The fourth-order valence-corrected chi connectivity index (χ4v) is 3.71. The van der Waals surface area contributed by atoms with Crippen molar-refractivity contribution in [3.8, 4) is 0 Å². The van der Waals surface area contributed by atoms with E-state index < -0.39 is 54.3 Å². The number of aliphatic hydroxyl groups is 1. The number of likely N-dealkylation sites (N-methyl/N-ethyl adjacent to an activating group) is 2. The molecule has 0 saturated heterocycles. The minimum absolute atomic E-state index is 0.153. The summed E-state index contributed by atoms with van der Waals surface area (Å²) in [7, 11) is 6.05. The standard InChI is InChI=1S/C15H25N3O6.C11H17N.C5H9NO3.C2H4O.CH4O/c1-9(2)13(15(24)17-10(8-20)7-12(21)22)18-14(23)11(16-3)5-4-6-19;1-9(2)8-10-4-6-11(12-3)7-5-10;1-6-4(3-7)2-5(8)9;1-2-3;1-2/h6,8-11,13,16H,4-5,7H2,1-3H3,(H,17,24)(H,18,23)(H,21,22);4-7,9,12H,8H2,1-3H3;3-4,6H,2H2,1H3,(H,8,9);2H,1H3;2H,1H3. The summed E-state index contributed by atoms with van der Waals surface area (Å²) in [6, 6.07) is 5.34. The molecule has 16 heteroatoms. The number of rotatable bonds is 19. The third-order valence-electron chi connectivity index (χ3n) is 6.19. The number of carboxylic acids is 2. The third-order valence-corrected chi connectivity index (χ3v) is 6.19. The second-order valence-electron chi connectivity index (χ2n) is 11.1. The second kappa shape index (κ2) is 34.3. The zero-order valence-electron chi connectivity index (χ0n) is 30.7. The van der Waals surface area contributed by atoms with Gasteiger partial charge in [0, 0.05) is 26.3 Å². The first-order valence-electron chi connectivity index (χ1n) is 15.9. The lowest BCUT2D eigenvalue weighted by Gasteiger charge is -2.25. The number of carbonyl (C=O) groups is 8. The van der Waals surface area contributed by atoms with E-state index >= 15 is 0 Å². The van der Waals surface area contributed by atoms with Crippen molar-refractivity contribution >= 4 is 54.6 Å². The van der Waals surface area contributed by atoms with Crippen LogP contribution in [0.2, 0.25) is 0 Å². The largest absolute Gasteiger partial charge is 0.481 e. The van der Waals surface area contributed by atoms with Crippen molar-refractivity contribution < 1.29 is 53.7 Å². The molecule has 0 spiro atoms. The van der Waals surface area contributed by atoms with E-state index in [0.29, 0.717) is 18.9 Å². The summed E-state index contributed by atoms with van der Waals surface area (Å²) in [4.78, 5) is 85.0. The number of aliphatic hydroxyl groups excluding tert-OH is 1. The predicted octanol–water partition coefficient (Wildman–Crippen LogP) is 0.841. The van der Waals surface area contributed by atoms with Crippen molar-refractivity contribution in [2.75, 3.05) is 33.6 Å². The molecule has 1 aromatic carbocycles. The van der Waals surface area contributed by atoms with Gasteiger partial charge in [0.2, 0.25) is 11.8 Å². The molecule has 1 rings (SSSR count). The van der Waals surface area contributed by atoms with E-state index in [1.54, 1.807) is 27.9 Å². The molecule has 286 valence electrons. The Morgan fingerprint density at radius 1 is 0.740 bits per heavy atom. The SMILES string of the molecule is CC=O.CNC(C=O)CC(=O)O.CNC(CCC=O)C(=O)NC(C(=O)NC(C=O)CC(=O)O)C(C)C.CNc1ccc(CC(C)C)cc1.CO. The van der Waals surface area contributed by atoms with Gasteiger partial charge in [-0.05, 0) is 63.4 Å². The number of nitrogens with one attached hydrogen (secondary N) is 5. The van der Waals surface area contributed by atoms with Gasteiger partial charge in [0.25, 0.3) is 0 Å². The van der Waals surface area contributed by atoms with Gasteiger partial charge in [0.15, 0.2) is 0 Å². The number of aliphatic carboxylic acids is 2. The van der Waals surface area contributed by atoms with E-state index in [4.69, 9.17) is 20.1 Å². The molecule has 4 atom stereocenters. The van der Waals surface area contributed by atoms with Crippen LogP contribution in [0, 0.1) is 11.8 Å². The lowest BCUT2D eigenvalue weighted by Crippen LogP contribution is -2.56. The number of aldehydes is 4. The smallest absolute Gasteiger partial charge is 0.305 e. The number of hydrogen-bond donors (Lipinski definition) is 8. The first kappa shape index (κ1) is 52.3. The molecule has 0 bridgehead atoms. The van der Waals surface area contributed by atoms with Crippen LogP contribution in [0.15, 0.2) is 24.3 Å². The van der Waals surface area contributed by atoms with Crippen molar-refractivity contribution in [2.24, 2.45) is 11.8 Å². The van der Waals surface area contributed by atoms with Crippen LogP contribution in [0.1, 0.15) is 65.9 Å². The topological polar surface area (TPSA) is 257 Å². The van der Waals surface area contributed by atoms with Crippen molar-refractivity contribution in [2.45, 2.75) is 90.9 Å². The maximum absolute atomic E-state index is 12.2. The average molecular weight is 714 g/mol. The van der Waals surface area contributed by atoms with E-state index in [1.165, 1.54) is 24.6 Å². The van der Waals surface area contributed by atoms with Gasteiger partial charge in [-0.1, -0.05) is 39.8 Å². The van der Waals surface area contributed by atoms with Gasteiger partial charge in [0.1, 0.15) is 31.2 Å². The molecule has 0 aliphatic heterocycles. The highest BCUT2D eigenvalue weighted by molar-refractivity contribution is 5.91. The summed E-state index contributed by atoms with van der Waals surface area (Å²) in [6.07, 6.45) is 3.33. The molecule has 8 N–H and O–H groups in total. The molecule has 0 heterocycles. The summed E-state index contributed by atoms with van der Waals surface area (Å²) in [6.45, 7) is 9.34. The molecular formula is C34H59N5O11. The quantitative estimate of drug-likeness (QED) is 0.0925. The van der Waals surface area contributed by atoms with E-state index in [9.17, 15) is 33.6 Å². The molecular weight excluding hydrogens is 654 g/mol. The molecule has 0 radical (unpaired) electrons. The second-order valence-corrected chi connectivity index (χ2v) is 11.1. The van der Waals surface area contributed by atoms with E-state index in [0.717, 1.165) is 19.3 Å². The van der Waals surface area contributed by atoms with Crippen molar-refractivity contribution in [1.82, 2.24) is 21.3 Å². The zero-order chi connectivity index (χ0) is 39.7. The highest BCUT2D eigenvalue weighted by atomic mass is 16.4. The molecule has 0 aliphatic rings. The Bertz CT molecular complexity index is 1100. The van der Waals surface area contributed by atoms with Crippen LogP contribution in [0.25, 0.3) is 0 Å². The summed E-state index contributed by atoms with van der Waals surface area (Å²) in [5.74, 6) is -2.82. The molecule has 0 aromatic heterocycles. The first-order valence-corrected chi connectivity index (χ1v) is 15.9. The normalized spacial score (nSPS) is 12.0. The number of carboxylic acid groups (broad SMARTS) is 2. The minimum atomic E-state index is -1.22. The Kier molecular flexibility index (Phi) is 35.9. The Balaban J connectivity index is -0.000000336. The third kappa shape index (κ3) is 29.6. The fourth-order valence-electron chi connectivity index (χ4n) is 3.71. The average Bonchev–Trinajstić information content (AvgIpc) is 3.07. The van der Waals surface area contributed by atoms with Gasteiger partial charge in [-0.2, -0.15) is 0 Å². The van der Waals surface area contributed by atoms with Gasteiger partial charge in [-0.15, -0.1) is 0 Å². The number of carbonyl (C=O) groups excluding carboxylic acids is 6. The number of amides is 2. The van der Waals surface area contributed by atoms with Crippen LogP contribution in [0.4, 0.5) is 5.69 Å². The van der Waals surface area contributed by atoms with Gasteiger partial charge >= 0.3 is 11.9 Å². The maximum atomic E-state index is 12.2. The molecule has 50 heavy (non-hydrogen) atoms.